The number of rotatable bonds is 6. The van der Waals surface area contributed by atoms with Gasteiger partial charge in [0.15, 0.2) is 5.65 Å². The van der Waals surface area contributed by atoms with E-state index in [-0.39, 0.29) is 29.7 Å². The number of nitrogens with zero attached hydrogens (tertiary/aromatic N) is 3. The van der Waals surface area contributed by atoms with Crippen LogP contribution in [0.25, 0.3) is 5.65 Å². The molecule has 0 radical (unpaired) electrons. The molecule has 0 bridgehead atoms. The van der Waals surface area contributed by atoms with E-state index in [1.54, 1.807) is 0 Å². The minimum Gasteiger partial charge on any atom is -0.365 e. The third-order valence-corrected chi connectivity index (χ3v) is 4.64. The Morgan fingerprint density at radius 2 is 2.15 bits per heavy atom. The van der Waals surface area contributed by atoms with Gasteiger partial charge in [0.1, 0.15) is 11.3 Å². The molecule has 0 saturated heterocycles. The molecule has 8 nitrogen and oxygen atoms in total. The van der Waals surface area contributed by atoms with E-state index < -0.39 is 30.3 Å². The predicted molar refractivity (Wildman–Crippen MR) is 90.1 cm³/mol. The van der Waals surface area contributed by atoms with Crippen LogP contribution in [0.4, 0.5) is 13.2 Å². The lowest BCUT2D eigenvalue weighted by Gasteiger charge is -2.35. The van der Waals surface area contributed by atoms with Crippen LogP contribution in [-0.4, -0.2) is 51.2 Å². The van der Waals surface area contributed by atoms with Crippen LogP contribution in [0, 0.1) is 0 Å². The fourth-order valence-corrected chi connectivity index (χ4v) is 3.35. The second kappa shape index (κ2) is 7.35. The van der Waals surface area contributed by atoms with Gasteiger partial charge in [-0.2, -0.15) is 16.9 Å². The van der Waals surface area contributed by atoms with Gasteiger partial charge in [-0.1, -0.05) is 0 Å². The quantitative estimate of drug-likeness (QED) is 0.756. The predicted octanol–water partition coefficient (Wildman–Crippen LogP) is 1.49. The summed E-state index contributed by atoms with van der Waals surface area (Å²) in [6.07, 6.45) is -2.37. The number of halogens is 3. The molecule has 1 aliphatic carbocycles. The van der Waals surface area contributed by atoms with Gasteiger partial charge in [0.05, 0.1) is 11.8 Å². The number of carbonyl (C=O) groups is 2. The number of alkyl halides is 3. The van der Waals surface area contributed by atoms with Crippen LogP contribution >= 0.6 is 11.8 Å². The minimum absolute atomic E-state index is 0.0584. The Balaban J connectivity index is 1.78. The van der Waals surface area contributed by atoms with Crippen molar-refractivity contribution in [2.75, 3.05) is 6.26 Å². The molecule has 1 aliphatic rings. The van der Waals surface area contributed by atoms with Gasteiger partial charge in [0.2, 0.25) is 0 Å². The van der Waals surface area contributed by atoms with E-state index in [0.717, 1.165) is 0 Å². The average molecular weight is 403 g/mol. The zero-order chi connectivity index (χ0) is 19.8. The SMILES string of the molecule is CSCc1nn2c(C(=O)N[C@H]3C[C@@H](OC(F)(F)F)C3)ccnc2c1C(N)=O. The van der Waals surface area contributed by atoms with E-state index in [1.807, 2.05) is 6.26 Å². The maximum atomic E-state index is 12.5. The number of primary amides is 1. The number of hydrogen-bond donors (Lipinski definition) is 2. The van der Waals surface area contributed by atoms with Gasteiger partial charge in [-0.25, -0.2) is 9.50 Å². The molecule has 3 rings (SSSR count). The molecule has 3 N–H and O–H groups in total. The molecular formula is C15H16F3N5O3S. The van der Waals surface area contributed by atoms with Crippen molar-refractivity contribution >= 4 is 29.2 Å². The normalized spacial score (nSPS) is 19.7. The van der Waals surface area contributed by atoms with Crippen molar-refractivity contribution in [2.24, 2.45) is 5.73 Å². The largest absolute Gasteiger partial charge is 0.522 e. The topological polar surface area (TPSA) is 112 Å². The number of nitrogens with two attached hydrogens (primary N) is 1. The van der Waals surface area contributed by atoms with Gasteiger partial charge >= 0.3 is 6.36 Å². The lowest BCUT2D eigenvalue weighted by molar-refractivity contribution is -0.351. The molecule has 12 heteroatoms. The molecule has 2 aromatic rings. The second-order valence-electron chi connectivity index (χ2n) is 6.01. The van der Waals surface area contributed by atoms with Crippen LogP contribution in [0.3, 0.4) is 0 Å². The van der Waals surface area contributed by atoms with E-state index in [1.165, 1.54) is 28.5 Å². The second-order valence-corrected chi connectivity index (χ2v) is 6.88. The highest BCUT2D eigenvalue weighted by molar-refractivity contribution is 7.97. The van der Waals surface area contributed by atoms with Crippen LogP contribution in [0.5, 0.6) is 0 Å². The molecule has 0 aliphatic heterocycles. The van der Waals surface area contributed by atoms with Crippen LogP contribution < -0.4 is 11.1 Å². The fourth-order valence-electron chi connectivity index (χ4n) is 2.88. The van der Waals surface area contributed by atoms with Crippen molar-refractivity contribution in [3.63, 3.8) is 0 Å². The minimum atomic E-state index is -4.69. The van der Waals surface area contributed by atoms with E-state index in [2.05, 4.69) is 20.1 Å². The number of fused-ring (bicyclic) bond motifs is 1. The summed E-state index contributed by atoms with van der Waals surface area (Å²) < 4.78 is 41.6. The smallest absolute Gasteiger partial charge is 0.365 e. The summed E-state index contributed by atoms with van der Waals surface area (Å²) in [5.74, 6) is -0.834. The standard InChI is InChI=1S/C15H16F3N5O3S/c1-27-6-9-11(12(19)24)13-20-3-2-10(23(13)22-9)14(25)21-7-4-8(5-7)26-15(16,17)18/h2-3,7-8H,4-6H2,1H3,(H2,19,24)(H,21,25)/t7-,8+. The first-order valence-electron chi connectivity index (χ1n) is 7.90. The Hall–Kier alpha value is -2.34. The summed E-state index contributed by atoms with van der Waals surface area (Å²) in [6.45, 7) is 0. The number of nitrogens with one attached hydrogen (secondary N) is 1. The Morgan fingerprint density at radius 1 is 1.44 bits per heavy atom. The molecule has 1 saturated carbocycles. The Bertz CT molecular complexity index is 879. The monoisotopic (exact) mass is 403 g/mol. The van der Waals surface area contributed by atoms with E-state index in [0.29, 0.717) is 11.4 Å². The number of ether oxygens (including phenoxy) is 1. The Kier molecular flexibility index (Phi) is 5.29. The summed E-state index contributed by atoms with van der Waals surface area (Å²) in [6, 6.07) is 0.968. The van der Waals surface area contributed by atoms with E-state index in [9.17, 15) is 22.8 Å². The van der Waals surface area contributed by atoms with Gasteiger partial charge in [-0.15, -0.1) is 13.2 Å². The van der Waals surface area contributed by atoms with Crippen molar-refractivity contribution in [1.29, 1.82) is 0 Å². The van der Waals surface area contributed by atoms with Crippen molar-refractivity contribution in [1.82, 2.24) is 19.9 Å². The highest BCUT2D eigenvalue weighted by Crippen LogP contribution is 2.30. The van der Waals surface area contributed by atoms with Crippen molar-refractivity contribution < 1.29 is 27.5 Å². The molecule has 146 valence electrons. The zero-order valence-electron chi connectivity index (χ0n) is 14.1. The van der Waals surface area contributed by atoms with Crippen LogP contribution in [0.2, 0.25) is 0 Å². The first-order valence-corrected chi connectivity index (χ1v) is 9.29. The molecule has 27 heavy (non-hydrogen) atoms. The van der Waals surface area contributed by atoms with Crippen LogP contribution in [0.15, 0.2) is 12.3 Å². The highest BCUT2D eigenvalue weighted by atomic mass is 32.2. The van der Waals surface area contributed by atoms with E-state index >= 15 is 0 Å². The number of thioether (sulfide) groups is 1. The third kappa shape index (κ3) is 4.16. The van der Waals surface area contributed by atoms with Crippen molar-refractivity contribution in [3.05, 3.63) is 29.2 Å². The van der Waals surface area contributed by atoms with Gasteiger partial charge in [-0.05, 0) is 25.2 Å². The molecule has 1 fully saturated rings. The number of carbonyl (C=O) groups excluding carboxylic acids is 2. The first-order chi connectivity index (χ1) is 12.7. The lowest BCUT2D eigenvalue weighted by Crippen LogP contribution is -2.49. The van der Waals surface area contributed by atoms with Gasteiger partial charge in [0.25, 0.3) is 11.8 Å². The Morgan fingerprint density at radius 3 is 2.74 bits per heavy atom. The lowest BCUT2D eigenvalue weighted by atomic mass is 9.89. The summed E-state index contributed by atoms with van der Waals surface area (Å²) in [5, 5.41) is 6.89. The average Bonchev–Trinajstić information content (AvgIpc) is 2.89. The molecule has 0 aromatic carbocycles. The molecule has 2 amide bonds. The highest BCUT2D eigenvalue weighted by Gasteiger charge is 2.40. The number of aromatic nitrogens is 3. The Labute approximate surface area is 155 Å². The summed E-state index contributed by atoms with van der Waals surface area (Å²) in [4.78, 5) is 28.3. The molecular weight excluding hydrogens is 387 g/mol. The zero-order valence-corrected chi connectivity index (χ0v) is 14.9. The van der Waals surface area contributed by atoms with Gasteiger partial charge in [0, 0.05) is 18.0 Å². The molecule has 0 atom stereocenters. The maximum Gasteiger partial charge on any atom is 0.522 e. The summed E-state index contributed by atoms with van der Waals surface area (Å²) >= 11 is 1.43. The maximum absolute atomic E-state index is 12.5. The summed E-state index contributed by atoms with van der Waals surface area (Å²) in [7, 11) is 0. The molecule has 0 spiro atoms. The number of hydrogen-bond acceptors (Lipinski definition) is 6. The molecule has 2 heterocycles. The van der Waals surface area contributed by atoms with Crippen LogP contribution in [-0.2, 0) is 10.5 Å². The van der Waals surface area contributed by atoms with Gasteiger partial charge < -0.3 is 11.1 Å². The molecule has 2 aromatic heterocycles. The first kappa shape index (κ1) is 19.4. The molecule has 0 unspecified atom stereocenters. The van der Waals surface area contributed by atoms with Gasteiger partial charge in [-0.3, -0.25) is 14.3 Å². The van der Waals surface area contributed by atoms with Crippen LogP contribution in [0.1, 0.15) is 39.4 Å². The van der Waals surface area contributed by atoms with E-state index in [4.69, 9.17) is 5.73 Å². The fraction of sp³-hybridized carbons (Fsp3) is 0.467. The van der Waals surface area contributed by atoms with Crippen molar-refractivity contribution in [2.45, 2.75) is 37.1 Å². The number of amides is 2. The third-order valence-electron chi connectivity index (χ3n) is 4.08. The van der Waals surface area contributed by atoms with Crippen molar-refractivity contribution in [3.8, 4) is 0 Å². The summed E-state index contributed by atoms with van der Waals surface area (Å²) in [5.41, 5.74) is 6.22.